The van der Waals surface area contributed by atoms with E-state index in [1.54, 1.807) is 44.6 Å². The Kier molecular flexibility index (Phi) is 6.90. The predicted molar refractivity (Wildman–Crippen MR) is 132 cm³/mol. The molecule has 0 saturated carbocycles. The van der Waals surface area contributed by atoms with Crippen molar-refractivity contribution in [1.82, 2.24) is 0 Å². The smallest absolute Gasteiger partial charge is 0.283 e. The van der Waals surface area contributed by atoms with E-state index in [1.807, 2.05) is 54.6 Å². The Morgan fingerprint density at radius 3 is 2.36 bits per heavy atom. The minimum Gasteiger partial charge on any atom is -0.497 e. The molecule has 0 radical (unpaired) electrons. The Balaban J connectivity index is 1.64. The number of ketones is 1. The van der Waals surface area contributed by atoms with Crippen molar-refractivity contribution < 1.29 is 19.1 Å². The van der Waals surface area contributed by atoms with Gasteiger partial charge in [-0.25, -0.2) is 4.99 Å². The highest BCUT2D eigenvalue weighted by molar-refractivity contribution is 8.14. The van der Waals surface area contributed by atoms with Gasteiger partial charge in [-0.15, -0.1) is 0 Å². The molecule has 0 unspecified atom stereocenters. The van der Waals surface area contributed by atoms with Gasteiger partial charge in [-0.3, -0.25) is 14.5 Å². The van der Waals surface area contributed by atoms with Gasteiger partial charge in [0.2, 0.25) is 0 Å². The van der Waals surface area contributed by atoms with Gasteiger partial charge in [0.05, 0.1) is 25.7 Å². The van der Waals surface area contributed by atoms with Crippen molar-refractivity contribution in [2.24, 2.45) is 4.99 Å². The van der Waals surface area contributed by atoms with Crippen LogP contribution in [0.5, 0.6) is 11.5 Å². The summed E-state index contributed by atoms with van der Waals surface area (Å²) >= 11 is 1.23. The second kappa shape index (κ2) is 10.2. The molecule has 6 nitrogen and oxygen atoms in total. The number of carbonyl (C=O) groups is 2. The number of amidine groups is 1. The lowest BCUT2D eigenvalue weighted by Crippen LogP contribution is -2.30. The van der Waals surface area contributed by atoms with Crippen LogP contribution in [-0.2, 0) is 4.79 Å². The van der Waals surface area contributed by atoms with Gasteiger partial charge in [0, 0.05) is 11.6 Å². The maximum atomic E-state index is 13.3. The molecule has 0 aromatic heterocycles. The number of hydrogen-bond donors (Lipinski definition) is 0. The van der Waals surface area contributed by atoms with E-state index in [1.165, 1.54) is 16.7 Å². The topological polar surface area (TPSA) is 68.2 Å². The molecular formula is C26H22N2O4S. The van der Waals surface area contributed by atoms with E-state index in [0.717, 1.165) is 11.3 Å². The first-order valence-electron chi connectivity index (χ1n) is 10.2. The van der Waals surface area contributed by atoms with Gasteiger partial charge in [-0.2, -0.15) is 0 Å². The summed E-state index contributed by atoms with van der Waals surface area (Å²) in [5.74, 6) is 1.21. The summed E-state index contributed by atoms with van der Waals surface area (Å²) in [5, 5.41) is 0.442. The summed E-state index contributed by atoms with van der Waals surface area (Å²) in [5.41, 5.74) is 2.35. The number of Topliss-reactive ketones (excluding diaryl/α,β-unsaturated/α-hetero) is 1. The van der Waals surface area contributed by atoms with Gasteiger partial charge in [0.15, 0.2) is 11.0 Å². The number of ether oxygens (including phenoxy) is 2. The van der Waals surface area contributed by atoms with Crippen LogP contribution in [0, 0.1) is 0 Å². The molecule has 1 aliphatic heterocycles. The molecule has 0 aliphatic carbocycles. The minimum atomic E-state index is -0.270. The summed E-state index contributed by atoms with van der Waals surface area (Å²) < 4.78 is 10.5. The second-order valence-corrected chi connectivity index (χ2v) is 8.06. The average molecular weight is 459 g/mol. The van der Waals surface area contributed by atoms with Crippen molar-refractivity contribution in [2.45, 2.75) is 0 Å². The van der Waals surface area contributed by atoms with Crippen LogP contribution in [-0.4, -0.2) is 36.8 Å². The third-order valence-electron chi connectivity index (χ3n) is 4.99. The van der Waals surface area contributed by atoms with Crippen LogP contribution < -0.4 is 14.4 Å². The fourth-order valence-electron chi connectivity index (χ4n) is 3.27. The van der Waals surface area contributed by atoms with Gasteiger partial charge in [-0.05, 0) is 35.9 Å². The number of methoxy groups -OCH3 is 2. The Labute approximate surface area is 196 Å². The number of amides is 1. The third-order valence-corrected chi connectivity index (χ3v) is 5.93. The monoisotopic (exact) mass is 458 g/mol. The number of benzene rings is 3. The highest BCUT2D eigenvalue weighted by atomic mass is 32.2. The quantitative estimate of drug-likeness (QED) is 0.366. The molecule has 0 bridgehead atoms. The Hall–Kier alpha value is -3.84. The number of hydrogen-bond acceptors (Lipinski definition) is 6. The number of thioether (sulfide) groups is 1. The SMILES string of the molecule is COc1ccc(/C=C2\N=C(SCC(=O)c3ccccc3)N(c3cccc(OC)c3)C2=O)cc1. The maximum absolute atomic E-state index is 13.3. The largest absolute Gasteiger partial charge is 0.497 e. The summed E-state index contributed by atoms with van der Waals surface area (Å²) in [4.78, 5) is 32.1. The molecule has 1 aliphatic rings. The first kappa shape index (κ1) is 22.4. The molecule has 166 valence electrons. The van der Waals surface area contributed by atoms with E-state index in [4.69, 9.17) is 9.47 Å². The van der Waals surface area contributed by atoms with Crippen molar-refractivity contribution in [3.63, 3.8) is 0 Å². The lowest BCUT2D eigenvalue weighted by Gasteiger charge is -2.18. The molecule has 0 saturated heterocycles. The Morgan fingerprint density at radius 1 is 0.939 bits per heavy atom. The van der Waals surface area contributed by atoms with E-state index >= 15 is 0 Å². The molecular weight excluding hydrogens is 436 g/mol. The van der Waals surface area contributed by atoms with E-state index in [0.29, 0.717) is 22.2 Å². The second-order valence-electron chi connectivity index (χ2n) is 7.12. The Bertz CT molecular complexity index is 1220. The van der Waals surface area contributed by atoms with Crippen LogP contribution in [0.4, 0.5) is 5.69 Å². The number of anilines is 1. The lowest BCUT2D eigenvalue weighted by atomic mass is 10.2. The van der Waals surface area contributed by atoms with Gasteiger partial charge in [0.1, 0.15) is 17.2 Å². The van der Waals surface area contributed by atoms with Crippen molar-refractivity contribution in [3.8, 4) is 11.5 Å². The molecule has 7 heteroatoms. The van der Waals surface area contributed by atoms with Crippen LogP contribution >= 0.6 is 11.8 Å². The molecule has 33 heavy (non-hydrogen) atoms. The van der Waals surface area contributed by atoms with Gasteiger partial charge in [-0.1, -0.05) is 60.3 Å². The van der Waals surface area contributed by atoms with E-state index in [9.17, 15) is 9.59 Å². The van der Waals surface area contributed by atoms with E-state index < -0.39 is 0 Å². The fraction of sp³-hybridized carbons (Fsp3) is 0.115. The molecule has 0 N–H and O–H groups in total. The summed E-state index contributed by atoms with van der Waals surface area (Å²) in [7, 11) is 3.17. The highest BCUT2D eigenvalue weighted by Gasteiger charge is 2.32. The zero-order valence-corrected chi connectivity index (χ0v) is 19.0. The number of carbonyl (C=O) groups excluding carboxylic acids is 2. The highest BCUT2D eigenvalue weighted by Crippen LogP contribution is 2.31. The molecule has 0 spiro atoms. The summed E-state index contributed by atoms with van der Waals surface area (Å²) in [6, 6.07) is 23.6. The molecule has 1 heterocycles. The summed E-state index contributed by atoms with van der Waals surface area (Å²) in [6.07, 6.45) is 1.72. The minimum absolute atomic E-state index is 0.0334. The zero-order chi connectivity index (χ0) is 23.2. The van der Waals surface area contributed by atoms with Gasteiger partial charge < -0.3 is 9.47 Å². The lowest BCUT2D eigenvalue weighted by molar-refractivity contribution is -0.113. The van der Waals surface area contributed by atoms with E-state index in [-0.39, 0.29) is 23.1 Å². The molecule has 4 rings (SSSR count). The summed E-state index contributed by atoms with van der Waals surface area (Å²) in [6.45, 7) is 0. The van der Waals surface area contributed by atoms with Gasteiger partial charge in [0.25, 0.3) is 5.91 Å². The van der Waals surface area contributed by atoms with Crippen LogP contribution in [0.2, 0.25) is 0 Å². The van der Waals surface area contributed by atoms with Crippen molar-refractivity contribution in [3.05, 3.63) is 95.7 Å². The molecule has 3 aromatic carbocycles. The normalized spacial score (nSPS) is 14.4. The number of aliphatic imine (C=N–C) groups is 1. The van der Waals surface area contributed by atoms with Gasteiger partial charge >= 0.3 is 0 Å². The molecule has 1 amide bonds. The van der Waals surface area contributed by atoms with Crippen molar-refractivity contribution in [2.75, 3.05) is 24.9 Å². The first-order valence-corrected chi connectivity index (χ1v) is 11.2. The molecule has 0 atom stereocenters. The molecule has 3 aromatic rings. The Morgan fingerprint density at radius 2 is 1.67 bits per heavy atom. The van der Waals surface area contributed by atoms with Crippen LogP contribution in [0.1, 0.15) is 15.9 Å². The van der Waals surface area contributed by atoms with Crippen LogP contribution in [0.25, 0.3) is 6.08 Å². The average Bonchev–Trinajstić information content (AvgIpc) is 3.18. The standard InChI is InChI=1S/C26H22N2O4S/c1-31-21-13-11-18(12-14-21)15-23-25(30)28(20-9-6-10-22(16-20)32-2)26(27-23)33-17-24(29)19-7-4-3-5-8-19/h3-16H,17H2,1-2H3/b23-15-. The van der Waals surface area contributed by atoms with Crippen LogP contribution in [0.15, 0.2) is 89.6 Å². The zero-order valence-electron chi connectivity index (χ0n) is 18.2. The molecule has 0 fully saturated rings. The fourth-order valence-corrected chi connectivity index (χ4v) is 4.17. The van der Waals surface area contributed by atoms with Crippen molar-refractivity contribution in [1.29, 1.82) is 0 Å². The first-order chi connectivity index (χ1) is 16.1. The van der Waals surface area contributed by atoms with Crippen LogP contribution in [0.3, 0.4) is 0 Å². The third kappa shape index (κ3) is 5.15. The maximum Gasteiger partial charge on any atom is 0.283 e. The number of nitrogens with zero attached hydrogens (tertiary/aromatic N) is 2. The number of rotatable bonds is 7. The van der Waals surface area contributed by atoms with Crippen molar-refractivity contribution >= 4 is 40.4 Å². The van der Waals surface area contributed by atoms with E-state index in [2.05, 4.69) is 4.99 Å². The predicted octanol–water partition coefficient (Wildman–Crippen LogP) is 5.06.